The average Bonchev–Trinajstić information content (AvgIpc) is 2.98. The zero-order valence-corrected chi connectivity index (χ0v) is 13.4. The number of carbonyl (C=O) groups is 1. The smallest absolute Gasteiger partial charge is 0.269 e. The molecule has 0 spiro atoms. The van der Waals surface area contributed by atoms with Crippen LogP contribution in [0.5, 0.6) is 0 Å². The van der Waals surface area contributed by atoms with Crippen LogP contribution >= 0.6 is 11.3 Å². The van der Waals surface area contributed by atoms with E-state index in [-0.39, 0.29) is 11.6 Å². The molecule has 0 aliphatic carbocycles. The molecule has 0 saturated heterocycles. The molecule has 0 fully saturated rings. The first-order chi connectivity index (χ1) is 11.5. The Labute approximate surface area is 141 Å². The van der Waals surface area contributed by atoms with Gasteiger partial charge in [0.25, 0.3) is 5.69 Å². The molecule has 1 amide bonds. The summed E-state index contributed by atoms with van der Waals surface area (Å²) in [4.78, 5) is 26.5. The molecule has 0 saturated carbocycles. The number of amides is 1. The van der Waals surface area contributed by atoms with Gasteiger partial charge in [-0.2, -0.15) is 10.1 Å². The summed E-state index contributed by atoms with van der Waals surface area (Å²) >= 11 is 1.37. The van der Waals surface area contributed by atoms with E-state index in [4.69, 9.17) is 0 Å². The van der Waals surface area contributed by atoms with Gasteiger partial charge in [0.05, 0.1) is 21.4 Å². The molecule has 2 aromatic carbocycles. The maximum atomic E-state index is 11.9. The molecule has 0 atom stereocenters. The number of non-ortho nitro benzene ring substituents is 1. The number of benzene rings is 2. The number of nitrogens with zero attached hydrogens (tertiary/aromatic N) is 4. The van der Waals surface area contributed by atoms with E-state index in [0.717, 1.165) is 10.2 Å². The van der Waals surface area contributed by atoms with E-state index in [0.29, 0.717) is 10.7 Å². The van der Waals surface area contributed by atoms with Crippen molar-refractivity contribution in [1.82, 2.24) is 4.98 Å². The quantitative estimate of drug-likeness (QED) is 0.412. The van der Waals surface area contributed by atoms with Crippen molar-refractivity contribution in [2.75, 3.05) is 5.01 Å². The second-order valence-corrected chi connectivity index (χ2v) is 5.90. The molecular weight excluding hydrogens is 328 g/mol. The second kappa shape index (κ2) is 6.55. The molecule has 0 radical (unpaired) electrons. The van der Waals surface area contributed by atoms with Gasteiger partial charge in [0.1, 0.15) is 0 Å². The zero-order chi connectivity index (χ0) is 17.1. The fraction of sp³-hybridized carbons (Fsp3) is 0.0625. The summed E-state index contributed by atoms with van der Waals surface area (Å²) in [6, 6.07) is 13.5. The Bertz CT molecular complexity index is 901. The number of thiazole rings is 1. The first-order valence-electron chi connectivity index (χ1n) is 6.99. The van der Waals surface area contributed by atoms with Crippen LogP contribution in [0.15, 0.2) is 53.6 Å². The molecule has 0 aliphatic rings. The summed E-state index contributed by atoms with van der Waals surface area (Å²) in [6.45, 7) is 1.40. The van der Waals surface area contributed by atoms with Crippen LogP contribution in [-0.4, -0.2) is 22.0 Å². The minimum Gasteiger partial charge on any atom is -0.273 e. The number of aromatic nitrogens is 1. The lowest BCUT2D eigenvalue weighted by atomic mass is 10.2. The van der Waals surface area contributed by atoms with Crippen LogP contribution in [0.3, 0.4) is 0 Å². The zero-order valence-electron chi connectivity index (χ0n) is 12.6. The third-order valence-electron chi connectivity index (χ3n) is 3.19. The van der Waals surface area contributed by atoms with E-state index in [1.807, 2.05) is 24.3 Å². The lowest BCUT2D eigenvalue weighted by Crippen LogP contribution is -2.22. The molecular formula is C16H12N4O3S. The van der Waals surface area contributed by atoms with Crippen molar-refractivity contribution in [3.05, 3.63) is 64.2 Å². The number of hydrogen-bond donors (Lipinski definition) is 0. The van der Waals surface area contributed by atoms with Gasteiger partial charge in [-0.3, -0.25) is 14.9 Å². The molecule has 0 unspecified atom stereocenters. The van der Waals surface area contributed by atoms with Crippen molar-refractivity contribution in [2.45, 2.75) is 6.92 Å². The first kappa shape index (κ1) is 15.8. The summed E-state index contributed by atoms with van der Waals surface area (Å²) in [7, 11) is 0. The Kier molecular flexibility index (Phi) is 4.30. The van der Waals surface area contributed by atoms with Crippen molar-refractivity contribution in [2.24, 2.45) is 5.10 Å². The lowest BCUT2D eigenvalue weighted by Gasteiger charge is -2.10. The topological polar surface area (TPSA) is 88.7 Å². The van der Waals surface area contributed by atoms with Crippen molar-refractivity contribution in [3.63, 3.8) is 0 Å². The Morgan fingerprint density at radius 3 is 2.58 bits per heavy atom. The SMILES string of the molecule is CC(=O)N(/N=C\c1ccc([N+](=O)[O-])cc1)c1nc2ccccc2s1. The highest BCUT2D eigenvalue weighted by Crippen LogP contribution is 2.28. The summed E-state index contributed by atoms with van der Waals surface area (Å²) in [6.07, 6.45) is 1.47. The van der Waals surface area contributed by atoms with Gasteiger partial charge in [-0.05, 0) is 29.8 Å². The number of rotatable bonds is 4. The molecule has 0 N–H and O–H groups in total. The summed E-state index contributed by atoms with van der Waals surface area (Å²) in [5.41, 5.74) is 1.45. The van der Waals surface area contributed by atoms with E-state index in [2.05, 4.69) is 10.1 Å². The van der Waals surface area contributed by atoms with E-state index in [1.54, 1.807) is 12.1 Å². The number of hydrazone groups is 1. The maximum Gasteiger partial charge on any atom is 0.269 e. The van der Waals surface area contributed by atoms with Crippen LogP contribution in [-0.2, 0) is 4.79 Å². The lowest BCUT2D eigenvalue weighted by molar-refractivity contribution is -0.384. The minimum absolute atomic E-state index is 0.00162. The first-order valence-corrected chi connectivity index (χ1v) is 7.81. The molecule has 0 aliphatic heterocycles. The number of nitro benzene ring substituents is 1. The number of hydrogen-bond acceptors (Lipinski definition) is 6. The second-order valence-electron chi connectivity index (χ2n) is 4.89. The van der Waals surface area contributed by atoms with Gasteiger partial charge in [0, 0.05) is 19.1 Å². The van der Waals surface area contributed by atoms with Crippen molar-refractivity contribution in [3.8, 4) is 0 Å². The van der Waals surface area contributed by atoms with Crippen LogP contribution < -0.4 is 5.01 Å². The van der Waals surface area contributed by atoms with E-state index < -0.39 is 4.92 Å². The number of para-hydroxylation sites is 1. The van der Waals surface area contributed by atoms with Crippen LogP contribution in [0.25, 0.3) is 10.2 Å². The maximum absolute atomic E-state index is 11.9. The summed E-state index contributed by atoms with van der Waals surface area (Å²) in [5.74, 6) is -0.271. The average molecular weight is 340 g/mol. The fourth-order valence-corrected chi connectivity index (χ4v) is 2.99. The normalized spacial score (nSPS) is 11.0. The van der Waals surface area contributed by atoms with Gasteiger partial charge >= 0.3 is 0 Å². The Morgan fingerprint density at radius 2 is 1.96 bits per heavy atom. The van der Waals surface area contributed by atoms with Crippen LogP contribution in [0, 0.1) is 10.1 Å². The molecule has 1 aromatic heterocycles. The van der Waals surface area contributed by atoms with E-state index >= 15 is 0 Å². The third-order valence-corrected chi connectivity index (χ3v) is 4.20. The minimum atomic E-state index is -0.468. The molecule has 8 heteroatoms. The molecule has 7 nitrogen and oxygen atoms in total. The van der Waals surface area contributed by atoms with E-state index in [9.17, 15) is 14.9 Å². The van der Waals surface area contributed by atoms with Crippen LogP contribution in [0.1, 0.15) is 12.5 Å². The standard InChI is InChI=1S/C16H12N4O3S/c1-11(21)19(16-18-14-4-2-3-5-15(14)24-16)17-10-12-6-8-13(9-7-12)20(22)23/h2-10H,1H3/b17-10-. The largest absolute Gasteiger partial charge is 0.273 e. The monoisotopic (exact) mass is 340 g/mol. The summed E-state index contributed by atoms with van der Waals surface area (Å²) in [5, 5.41) is 16.5. The highest BCUT2D eigenvalue weighted by atomic mass is 32.1. The van der Waals surface area contributed by atoms with Gasteiger partial charge < -0.3 is 0 Å². The number of anilines is 1. The van der Waals surface area contributed by atoms with Crippen LogP contribution in [0.2, 0.25) is 0 Å². The molecule has 1 heterocycles. The van der Waals surface area contributed by atoms with Crippen LogP contribution in [0.4, 0.5) is 10.8 Å². The number of carbonyl (C=O) groups excluding carboxylic acids is 1. The van der Waals surface area contributed by atoms with Gasteiger partial charge in [-0.1, -0.05) is 23.5 Å². The predicted octanol–water partition coefficient (Wildman–Crippen LogP) is 3.59. The molecule has 0 bridgehead atoms. The van der Waals surface area contributed by atoms with Gasteiger partial charge in [0.2, 0.25) is 11.0 Å². The predicted molar refractivity (Wildman–Crippen MR) is 93.5 cm³/mol. The van der Waals surface area contributed by atoms with Gasteiger partial charge in [-0.25, -0.2) is 4.98 Å². The third kappa shape index (κ3) is 3.28. The fourth-order valence-electron chi connectivity index (χ4n) is 2.02. The van der Waals surface area contributed by atoms with Gasteiger partial charge in [0.15, 0.2) is 0 Å². The highest BCUT2D eigenvalue weighted by Gasteiger charge is 2.15. The molecule has 24 heavy (non-hydrogen) atoms. The van der Waals surface area contributed by atoms with Gasteiger partial charge in [-0.15, -0.1) is 0 Å². The summed E-state index contributed by atoms with van der Waals surface area (Å²) < 4.78 is 0.962. The van der Waals surface area contributed by atoms with Crippen molar-refractivity contribution in [1.29, 1.82) is 0 Å². The van der Waals surface area contributed by atoms with Crippen molar-refractivity contribution >= 4 is 44.5 Å². The molecule has 3 aromatic rings. The number of nitro groups is 1. The highest BCUT2D eigenvalue weighted by molar-refractivity contribution is 7.22. The Balaban J connectivity index is 1.88. The Hall–Kier alpha value is -3.13. The Morgan fingerprint density at radius 1 is 1.25 bits per heavy atom. The number of fused-ring (bicyclic) bond motifs is 1. The molecule has 120 valence electrons. The molecule has 3 rings (SSSR count). The van der Waals surface area contributed by atoms with Crippen molar-refractivity contribution < 1.29 is 9.72 Å². The van der Waals surface area contributed by atoms with E-state index in [1.165, 1.54) is 41.6 Å².